The Balaban J connectivity index is 0.000000308. The van der Waals surface area contributed by atoms with E-state index in [0.717, 1.165) is 49.9 Å². The molecule has 3 heterocycles. The number of hydrogen-bond acceptors (Lipinski definition) is 3. The van der Waals surface area contributed by atoms with E-state index in [1.807, 2.05) is 48.7 Å². The number of fused-ring (bicyclic) bond motifs is 3. The molecule has 1 radical (unpaired) electrons. The molecule has 8 rings (SSSR count). The fourth-order valence-electron chi connectivity index (χ4n) is 7.45. The Kier molecular flexibility index (Phi) is 12.2. The van der Waals surface area contributed by atoms with Crippen molar-refractivity contribution < 1.29 is 33.0 Å². The summed E-state index contributed by atoms with van der Waals surface area (Å²) in [6, 6.07) is 41.9. The summed E-state index contributed by atoms with van der Waals surface area (Å²) >= 11 is 0. The molecular formula is C53H55FIrN2OSi2-2. The Hall–Kier alpha value is -4.79. The summed E-state index contributed by atoms with van der Waals surface area (Å²) in [7, 11) is -2.94. The second-order valence-electron chi connectivity index (χ2n) is 18.1. The summed E-state index contributed by atoms with van der Waals surface area (Å²) in [6.45, 7) is 20.4. The van der Waals surface area contributed by atoms with Gasteiger partial charge in [0.2, 0.25) is 0 Å². The molecule has 0 fully saturated rings. The second kappa shape index (κ2) is 18.1. The van der Waals surface area contributed by atoms with Gasteiger partial charge in [0.1, 0.15) is 5.58 Å². The van der Waals surface area contributed by atoms with E-state index in [4.69, 9.17) is 13.5 Å². The van der Waals surface area contributed by atoms with Gasteiger partial charge in [-0.3, -0.25) is 4.39 Å². The van der Waals surface area contributed by atoms with Crippen molar-refractivity contribution in [2.45, 2.75) is 85.7 Å². The van der Waals surface area contributed by atoms with Crippen molar-refractivity contribution >= 4 is 48.5 Å². The van der Waals surface area contributed by atoms with Crippen molar-refractivity contribution in [1.29, 1.82) is 0 Å². The number of hydrogen-bond donors (Lipinski definition) is 0. The number of pyridine rings is 2. The Morgan fingerprint density at radius 2 is 1.35 bits per heavy atom. The van der Waals surface area contributed by atoms with Crippen LogP contribution in [-0.4, -0.2) is 26.1 Å². The average molecular weight is 1010 g/mol. The maximum Gasteiger partial charge on any atom is 0.121 e. The smallest absolute Gasteiger partial charge is 0.121 e. The van der Waals surface area contributed by atoms with Crippen molar-refractivity contribution in [2.75, 3.05) is 0 Å². The van der Waals surface area contributed by atoms with E-state index in [9.17, 15) is 4.39 Å². The first-order chi connectivity index (χ1) is 29.2. The monoisotopic (exact) mass is 1010 g/mol. The van der Waals surface area contributed by atoms with Crippen molar-refractivity contribution in [2.24, 2.45) is 0 Å². The quantitative estimate of drug-likeness (QED) is 0.112. The van der Waals surface area contributed by atoms with Gasteiger partial charge in [0.15, 0.2) is 0 Å². The molecule has 0 saturated carbocycles. The SMILES string of the molecule is C[Si](C)(C)c1ccc(-c2[c-]cc(F)cc2)nc1.[2H]C([2H])([2H])c1cnc(-c2[c-]ccc3c2oc2cc(-c4ccccc4)ccc23)cc1-c1c(C(C)C)cc([Si](C)(C)C)cc1C(C)C.[Ir]. The molecule has 0 amide bonds. The van der Waals surface area contributed by atoms with Crippen LogP contribution in [0.1, 0.15) is 60.3 Å². The zero-order valence-corrected chi connectivity index (χ0v) is 40.6. The van der Waals surface area contributed by atoms with Crippen LogP contribution in [0.25, 0.3) is 66.7 Å². The number of nitrogens with zero attached hydrogens (tertiary/aromatic N) is 2. The summed E-state index contributed by atoms with van der Waals surface area (Å²) in [4.78, 5) is 9.17. The molecular weight excluding hydrogens is 948 g/mol. The van der Waals surface area contributed by atoms with Gasteiger partial charge in [0.25, 0.3) is 0 Å². The maximum atomic E-state index is 12.8. The molecule has 5 aromatic carbocycles. The molecule has 3 aromatic heterocycles. The molecule has 7 heteroatoms. The summed E-state index contributed by atoms with van der Waals surface area (Å²) in [6.07, 6.45) is 3.47. The first-order valence-corrected chi connectivity index (χ1v) is 27.5. The third-order valence-electron chi connectivity index (χ3n) is 11.0. The minimum absolute atomic E-state index is 0. The van der Waals surface area contributed by atoms with Gasteiger partial charge in [-0.15, -0.1) is 48.0 Å². The number of rotatable bonds is 8. The van der Waals surface area contributed by atoms with Crippen LogP contribution in [0, 0.1) is 24.8 Å². The van der Waals surface area contributed by atoms with E-state index in [1.54, 1.807) is 12.3 Å². The van der Waals surface area contributed by atoms with Gasteiger partial charge in [-0.2, -0.15) is 0 Å². The van der Waals surface area contributed by atoms with Crippen LogP contribution in [-0.2, 0) is 20.1 Å². The van der Waals surface area contributed by atoms with Crippen molar-refractivity contribution in [3.05, 3.63) is 156 Å². The molecule has 0 atom stereocenters. The molecule has 0 bridgehead atoms. The van der Waals surface area contributed by atoms with Crippen molar-refractivity contribution in [3.8, 4) is 44.8 Å². The predicted molar refractivity (Wildman–Crippen MR) is 254 cm³/mol. The largest absolute Gasteiger partial charge is 0.501 e. The summed E-state index contributed by atoms with van der Waals surface area (Å²) in [5.74, 6) is 0.144. The van der Waals surface area contributed by atoms with Gasteiger partial charge < -0.3 is 14.4 Å². The normalized spacial score (nSPS) is 12.8. The number of benzene rings is 5. The van der Waals surface area contributed by atoms with Crippen LogP contribution in [0.2, 0.25) is 39.3 Å². The fourth-order valence-corrected chi connectivity index (χ4v) is 9.66. The first kappa shape index (κ1) is 40.6. The van der Waals surface area contributed by atoms with Gasteiger partial charge in [0, 0.05) is 47.8 Å². The zero-order valence-electron chi connectivity index (χ0n) is 39.2. The Morgan fingerprint density at radius 3 is 1.93 bits per heavy atom. The van der Waals surface area contributed by atoms with Crippen LogP contribution in [0.3, 0.4) is 0 Å². The zero-order chi connectivity index (χ0) is 44.7. The number of aryl methyl sites for hydroxylation is 1. The molecule has 0 aliphatic heterocycles. The predicted octanol–water partition coefficient (Wildman–Crippen LogP) is 14.1. The van der Waals surface area contributed by atoms with E-state index < -0.39 is 23.0 Å². The van der Waals surface area contributed by atoms with E-state index in [-0.39, 0.29) is 43.3 Å². The molecule has 0 aliphatic rings. The summed E-state index contributed by atoms with van der Waals surface area (Å²) < 4.78 is 44.8. The van der Waals surface area contributed by atoms with Crippen LogP contribution >= 0.6 is 0 Å². The topological polar surface area (TPSA) is 38.9 Å². The third-order valence-corrected chi connectivity index (χ3v) is 15.0. The molecule has 0 unspecified atom stereocenters. The minimum atomic E-state index is -2.33. The van der Waals surface area contributed by atoms with E-state index in [2.05, 4.69) is 133 Å². The Bertz CT molecular complexity index is 2830. The van der Waals surface area contributed by atoms with Crippen molar-refractivity contribution in [1.82, 2.24) is 9.97 Å². The molecule has 0 saturated heterocycles. The second-order valence-corrected chi connectivity index (χ2v) is 28.2. The maximum absolute atomic E-state index is 12.8. The Morgan fingerprint density at radius 1 is 0.667 bits per heavy atom. The van der Waals surface area contributed by atoms with Gasteiger partial charge in [-0.05, 0) is 80.3 Å². The first-order valence-electron chi connectivity index (χ1n) is 22.0. The number of aromatic nitrogens is 2. The molecule has 3 nitrogen and oxygen atoms in total. The summed E-state index contributed by atoms with van der Waals surface area (Å²) in [5, 5.41) is 4.71. The van der Waals surface area contributed by atoms with Crippen LogP contribution < -0.4 is 10.4 Å². The van der Waals surface area contributed by atoms with E-state index in [1.165, 1.54) is 33.6 Å². The third kappa shape index (κ3) is 9.56. The van der Waals surface area contributed by atoms with Gasteiger partial charge in [0.05, 0.1) is 21.7 Å². The number of furan rings is 1. The molecule has 309 valence electrons. The molecule has 60 heavy (non-hydrogen) atoms. The van der Waals surface area contributed by atoms with Crippen LogP contribution in [0.4, 0.5) is 4.39 Å². The molecule has 0 spiro atoms. The van der Waals surface area contributed by atoms with Crippen molar-refractivity contribution in [3.63, 3.8) is 0 Å². The molecule has 0 N–H and O–H groups in total. The Labute approximate surface area is 376 Å². The molecule has 8 aromatic rings. The average Bonchev–Trinajstić information content (AvgIpc) is 3.61. The standard InChI is InChI=1S/C39H40NOSi.C14H15FNSi.Ir/c1-24(2)33-20-29(42(6,7)8)21-34(25(3)4)38(33)35-22-36(40-23-26(35)5)32-16-12-15-31-30-18-17-28(19-37(30)41-39(31)32)27-13-10-9-11-14-27;1-17(2,3)13-8-9-14(16-10-13)11-4-6-12(15)7-5-11;/h9-15,17-25H,1-8H3;4,6-10H,1-3H3;/q2*-1;/i5D3;;. The van der Waals surface area contributed by atoms with Gasteiger partial charge in [-0.1, -0.05) is 156 Å². The minimum Gasteiger partial charge on any atom is -0.501 e. The van der Waals surface area contributed by atoms with Crippen LogP contribution in [0.5, 0.6) is 0 Å². The fraction of sp³-hybridized carbons (Fsp3) is 0.245. The number of halogens is 1. The molecule has 0 aliphatic carbocycles. The van der Waals surface area contributed by atoms with Crippen LogP contribution in [0.15, 0.2) is 126 Å². The van der Waals surface area contributed by atoms with E-state index in [0.29, 0.717) is 16.8 Å². The summed E-state index contributed by atoms with van der Waals surface area (Å²) in [5.41, 5.74) is 11.1. The van der Waals surface area contributed by atoms with E-state index >= 15 is 0 Å². The van der Waals surface area contributed by atoms with Gasteiger partial charge in [-0.25, -0.2) is 0 Å². The van der Waals surface area contributed by atoms with Gasteiger partial charge >= 0.3 is 0 Å².